The monoisotopic (exact) mass is 268 g/mol. The first kappa shape index (κ1) is 13.1. The second kappa shape index (κ2) is 5.98. The van der Waals surface area contributed by atoms with Crippen LogP contribution in [0.25, 0.3) is 0 Å². The Morgan fingerprint density at radius 3 is 2.78 bits per heavy atom. The van der Waals surface area contributed by atoms with E-state index in [-0.39, 0.29) is 5.82 Å². The van der Waals surface area contributed by atoms with Crippen LogP contribution in [0.5, 0.6) is 0 Å². The molecule has 5 heteroatoms. The first-order valence-corrected chi connectivity index (χ1v) is 6.17. The van der Waals surface area contributed by atoms with Gasteiger partial charge in [0.25, 0.3) is 0 Å². The van der Waals surface area contributed by atoms with Crippen LogP contribution >= 0.6 is 11.6 Å². The van der Waals surface area contributed by atoms with Gasteiger partial charge in [0.1, 0.15) is 11.9 Å². The van der Waals surface area contributed by atoms with Gasteiger partial charge < -0.3 is 4.74 Å². The third-order valence-electron chi connectivity index (χ3n) is 2.68. The summed E-state index contributed by atoms with van der Waals surface area (Å²) in [7, 11) is 1.80. The van der Waals surface area contributed by atoms with Gasteiger partial charge in [-0.3, -0.25) is 4.68 Å². The van der Waals surface area contributed by atoms with E-state index in [0.717, 1.165) is 5.69 Å². The summed E-state index contributed by atoms with van der Waals surface area (Å²) in [6.07, 6.45) is 1.17. The number of hydrogen-bond donors (Lipinski definition) is 0. The largest absolute Gasteiger partial charge is 0.366 e. The average Bonchev–Trinajstić information content (AvgIpc) is 2.78. The number of aromatic nitrogens is 2. The number of hydrogen-bond acceptors (Lipinski definition) is 2. The summed E-state index contributed by atoms with van der Waals surface area (Å²) in [6, 6.07) is 8.38. The van der Waals surface area contributed by atoms with Crippen molar-refractivity contribution in [2.75, 3.05) is 12.5 Å². The van der Waals surface area contributed by atoms with Gasteiger partial charge in [-0.1, -0.05) is 18.2 Å². The van der Waals surface area contributed by atoms with Crippen LogP contribution in [0.15, 0.2) is 36.5 Å². The molecule has 1 aromatic heterocycles. The molecule has 0 aliphatic rings. The van der Waals surface area contributed by atoms with Gasteiger partial charge in [0.05, 0.1) is 12.3 Å². The Hall–Kier alpha value is -1.39. The van der Waals surface area contributed by atoms with Gasteiger partial charge in [-0.05, 0) is 12.1 Å². The third kappa shape index (κ3) is 2.71. The molecule has 0 saturated carbocycles. The predicted molar refractivity (Wildman–Crippen MR) is 68.1 cm³/mol. The molecule has 2 rings (SSSR count). The lowest BCUT2D eigenvalue weighted by atomic mass is 10.1. The molecule has 96 valence electrons. The molecule has 3 nitrogen and oxygen atoms in total. The number of rotatable bonds is 5. The molecule has 18 heavy (non-hydrogen) atoms. The van der Waals surface area contributed by atoms with Crippen molar-refractivity contribution in [2.45, 2.75) is 6.10 Å². The molecule has 0 N–H and O–H groups in total. The Morgan fingerprint density at radius 1 is 1.39 bits per heavy atom. The zero-order valence-electron chi connectivity index (χ0n) is 10.0. The van der Waals surface area contributed by atoms with Crippen LogP contribution in [-0.2, 0) is 11.8 Å². The molecule has 0 aliphatic heterocycles. The summed E-state index contributed by atoms with van der Waals surface area (Å²) in [5.74, 6) is 0.0706. The van der Waals surface area contributed by atoms with Crippen molar-refractivity contribution in [3.63, 3.8) is 0 Å². The third-order valence-corrected chi connectivity index (χ3v) is 2.83. The van der Waals surface area contributed by atoms with Crippen molar-refractivity contribution in [2.24, 2.45) is 7.05 Å². The maximum absolute atomic E-state index is 13.8. The quantitative estimate of drug-likeness (QED) is 0.780. The molecule has 1 atom stereocenters. The van der Waals surface area contributed by atoms with Gasteiger partial charge in [-0.2, -0.15) is 5.10 Å². The van der Waals surface area contributed by atoms with Crippen molar-refractivity contribution in [3.8, 4) is 0 Å². The molecule has 1 unspecified atom stereocenters. The summed E-state index contributed by atoms with van der Waals surface area (Å²) >= 11 is 5.63. The first-order chi connectivity index (χ1) is 8.74. The van der Waals surface area contributed by atoms with Crippen molar-refractivity contribution >= 4 is 11.6 Å². The SMILES string of the molecule is Cn1nccc1C(OCCCl)c1ccccc1F. The molecule has 0 saturated heterocycles. The zero-order valence-corrected chi connectivity index (χ0v) is 10.8. The lowest BCUT2D eigenvalue weighted by molar-refractivity contribution is 0.0845. The van der Waals surface area contributed by atoms with Crippen LogP contribution in [0.2, 0.25) is 0 Å². The van der Waals surface area contributed by atoms with Crippen LogP contribution in [0.1, 0.15) is 17.4 Å². The highest BCUT2D eigenvalue weighted by Gasteiger charge is 2.20. The minimum atomic E-state index is -0.488. The highest BCUT2D eigenvalue weighted by Crippen LogP contribution is 2.27. The summed E-state index contributed by atoms with van der Waals surface area (Å²) in [5, 5.41) is 4.08. The van der Waals surface area contributed by atoms with Gasteiger partial charge in [0, 0.05) is 24.7 Å². The number of benzene rings is 1. The van der Waals surface area contributed by atoms with E-state index in [2.05, 4.69) is 5.10 Å². The highest BCUT2D eigenvalue weighted by atomic mass is 35.5. The van der Waals surface area contributed by atoms with Crippen LogP contribution in [-0.4, -0.2) is 22.3 Å². The Kier molecular flexibility index (Phi) is 4.33. The second-order valence-electron chi connectivity index (χ2n) is 3.84. The smallest absolute Gasteiger partial charge is 0.129 e. The minimum absolute atomic E-state index is 0.293. The van der Waals surface area contributed by atoms with Gasteiger partial charge >= 0.3 is 0 Å². The summed E-state index contributed by atoms with van der Waals surface area (Å²) < 4.78 is 21.2. The van der Waals surface area contributed by atoms with Crippen LogP contribution in [0.3, 0.4) is 0 Å². The van der Waals surface area contributed by atoms with Crippen molar-refractivity contribution < 1.29 is 9.13 Å². The Labute approximate surface area is 110 Å². The number of nitrogens with zero attached hydrogens (tertiary/aromatic N) is 2. The average molecular weight is 269 g/mol. The molecule has 0 bridgehead atoms. The second-order valence-corrected chi connectivity index (χ2v) is 4.22. The minimum Gasteiger partial charge on any atom is -0.366 e. The Balaban J connectivity index is 2.37. The molecular formula is C13H14ClFN2O. The fourth-order valence-electron chi connectivity index (χ4n) is 1.83. The standard InChI is InChI=1S/C13H14ClFN2O/c1-17-12(6-8-16-17)13(18-9-7-14)10-4-2-3-5-11(10)15/h2-6,8,13H,7,9H2,1H3. The number of ether oxygens (including phenoxy) is 1. The van der Waals surface area contributed by atoms with Gasteiger partial charge in [-0.25, -0.2) is 4.39 Å². The van der Waals surface area contributed by atoms with Crippen LogP contribution in [0.4, 0.5) is 4.39 Å². The molecule has 2 aromatic rings. The molecular weight excluding hydrogens is 255 g/mol. The van der Waals surface area contributed by atoms with E-state index in [0.29, 0.717) is 18.1 Å². The van der Waals surface area contributed by atoms with E-state index in [1.165, 1.54) is 6.07 Å². The van der Waals surface area contributed by atoms with E-state index in [1.54, 1.807) is 36.1 Å². The summed E-state index contributed by atoms with van der Waals surface area (Å²) in [6.45, 7) is 0.353. The van der Waals surface area contributed by atoms with Crippen molar-refractivity contribution in [1.29, 1.82) is 0 Å². The summed E-state index contributed by atoms with van der Waals surface area (Å²) in [4.78, 5) is 0. The predicted octanol–water partition coefficient (Wildman–Crippen LogP) is 2.90. The molecule has 0 aliphatic carbocycles. The summed E-state index contributed by atoms with van der Waals surface area (Å²) in [5.41, 5.74) is 1.29. The fraction of sp³-hybridized carbons (Fsp3) is 0.308. The van der Waals surface area contributed by atoms with Crippen molar-refractivity contribution in [1.82, 2.24) is 9.78 Å². The topological polar surface area (TPSA) is 27.1 Å². The number of halogens is 2. The van der Waals surface area contributed by atoms with Gasteiger partial charge in [-0.15, -0.1) is 11.6 Å². The van der Waals surface area contributed by atoms with Gasteiger partial charge in [0.2, 0.25) is 0 Å². The van der Waals surface area contributed by atoms with E-state index < -0.39 is 6.10 Å². The maximum Gasteiger partial charge on any atom is 0.129 e. The Bertz CT molecular complexity index is 515. The van der Waals surface area contributed by atoms with Crippen molar-refractivity contribution in [3.05, 3.63) is 53.6 Å². The van der Waals surface area contributed by atoms with E-state index in [1.807, 2.05) is 6.07 Å². The fourth-order valence-corrected chi connectivity index (χ4v) is 1.92. The van der Waals surface area contributed by atoms with Crippen LogP contribution < -0.4 is 0 Å². The van der Waals surface area contributed by atoms with E-state index >= 15 is 0 Å². The van der Waals surface area contributed by atoms with E-state index in [9.17, 15) is 4.39 Å². The molecule has 0 amide bonds. The highest BCUT2D eigenvalue weighted by molar-refractivity contribution is 6.17. The zero-order chi connectivity index (χ0) is 13.0. The number of alkyl halides is 1. The molecule has 0 radical (unpaired) electrons. The lowest BCUT2D eigenvalue weighted by Gasteiger charge is -2.18. The molecule has 0 spiro atoms. The van der Waals surface area contributed by atoms with Crippen LogP contribution in [0, 0.1) is 5.82 Å². The normalized spacial score (nSPS) is 12.6. The maximum atomic E-state index is 13.8. The molecule has 1 heterocycles. The van der Waals surface area contributed by atoms with Gasteiger partial charge in [0.15, 0.2) is 0 Å². The first-order valence-electron chi connectivity index (χ1n) is 5.64. The lowest BCUT2D eigenvalue weighted by Crippen LogP contribution is -2.13. The molecule has 1 aromatic carbocycles. The molecule has 0 fully saturated rings. The Morgan fingerprint density at radius 2 is 2.17 bits per heavy atom. The van der Waals surface area contributed by atoms with E-state index in [4.69, 9.17) is 16.3 Å². The number of aryl methyl sites for hydroxylation is 1.